The zero-order valence-electron chi connectivity index (χ0n) is 10.7. The number of urea groups is 1. The Morgan fingerprint density at radius 2 is 2.00 bits per heavy atom. The molecule has 17 heavy (non-hydrogen) atoms. The van der Waals surface area contributed by atoms with E-state index in [0.29, 0.717) is 18.8 Å². The summed E-state index contributed by atoms with van der Waals surface area (Å²) in [6, 6.07) is -0.176. The van der Waals surface area contributed by atoms with Gasteiger partial charge < -0.3 is 15.7 Å². The van der Waals surface area contributed by atoms with Gasteiger partial charge in [-0.2, -0.15) is 0 Å². The number of hydrogen-bond donors (Lipinski definition) is 3. The Labute approximate surface area is 102 Å². The SMILES string of the molecule is CCCC(C)(NC(=O)NC1CC(C)C1)C(=O)O. The summed E-state index contributed by atoms with van der Waals surface area (Å²) in [7, 11) is 0. The third kappa shape index (κ3) is 3.61. The molecule has 0 heterocycles. The van der Waals surface area contributed by atoms with Gasteiger partial charge in [-0.25, -0.2) is 9.59 Å². The number of hydrogen-bond acceptors (Lipinski definition) is 2. The molecule has 1 unspecified atom stereocenters. The molecule has 1 aliphatic rings. The second-order valence-corrected chi connectivity index (χ2v) is 5.26. The zero-order valence-corrected chi connectivity index (χ0v) is 10.7. The van der Waals surface area contributed by atoms with Crippen molar-refractivity contribution in [3.05, 3.63) is 0 Å². The predicted molar refractivity (Wildman–Crippen MR) is 64.8 cm³/mol. The Hall–Kier alpha value is -1.26. The van der Waals surface area contributed by atoms with Crippen LogP contribution in [0, 0.1) is 5.92 Å². The Kier molecular flexibility index (Phi) is 4.37. The van der Waals surface area contributed by atoms with E-state index in [0.717, 1.165) is 12.8 Å². The monoisotopic (exact) mass is 242 g/mol. The maximum absolute atomic E-state index is 11.7. The van der Waals surface area contributed by atoms with E-state index < -0.39 is 11.5 Å². The molecule has 0 spiro atoms. The first-order valence-electron chi connectivity index (χ1n) is 6.19. The molecule has 3 N–H and O–H groups in total. The van der Waals surface area contributed by atoms with Gasteiger partial charge in [0.15, 0.2) is 0 Å². The fourth-order valence-electron chi connectivity index (χ4n) is 2.22. The van der Waals surface area contributed by atoms with Gasteiger partial charge in [0.1, 0.15) is 5.54 Å². The van der Waals surface area contributed by atoms with Crippen LogP contribution in [-0.4, -0.2) is 28.7 Å². The minimum absolute atomic E-state index is 0.199. The standard InChI is InChI=1S/C12H22N2O3/c1-4-5-12(3,10(15)16)14-11(17)13-9-6-8(2)7-9/h8-9H,4-7H2,1-3H3,(H,15,16)(H2,13,14,17). The van der Waals surface area contributed by atoms with Crippen LogP contribution < -0.4 is 10.6 Å². The Morgan fingerprint density at radius 1 is 1.41 bits per heavy atom. The van der Waals surface area contributed by atoms with Crippen molar-refractivity contribution in [2.75, 3.05) is 0 Å². The fourth-order valence-corrected chi connectivity index (χ4v) is 2.22. The minimum Gasteiger partial charge on any atom is -0.480 e. The second kappa shape index (κ2) is 5.38. The predicted octanol–water partition coefficient (Wildman–Crippen LogP) is 1.73. The first kappa shape index (κ1) is 13.8. The molecular formula is C12H22N2O3. The molecule has 0 saturated heterocycles. The van der Waals surface area contributed by atoms with Gasteiger partial charge in [-0.3, -0.25) is 0 Å². The maximum atomic E-state index is 11.7. The van der Waals surface area contributed by atoms with Crippen LogP contribution in [0.5, 0.6) is 0 Å². The molecule has 1 aliphatic carbocycles. The highest BCUT2D eigenvalue weighted by Crippen LogP contribution is 2.26. The van der Waals surface area contributed by atoms with Gasteiger partial charge in [0.05, 0.1) is 0 Å². The van der Waals surface area contributed by atoms with E-state index in [-0.39, 0.29) is 12.1 Å². The number of aliphatic carboxylic acids is 1. The molecular weight excluding hydrogens is 220 g/mol. The van der Waals surface area contributed by atoms with Gasteiger partial charge in [-0.1, -0.05) is 20.3 Å². The van der Waals surface area contributed by atoms with Crippen LogP contribution in [0.25, 0.3) is 0 Å². The topological polar surface area (TPSA) is 78.4 Å². The van der Waals surface area contributed by atoms with Gasteiger partial charge in [-0.05, 0) is 32.1 Å². The van der Waals surface area contributed by atoms with E-state index in [1.165, 1.54) is 0 Å². The molecule has 0 radical (unpaired) electrons. The molecule has 5 heteroatoms. The lowest BCUT2D eigenvalue weighted by Crippen LogP contribution is -2.57. The summed E-state index contributed by atoms with van der Waals surface area (Å²) in [5, 5.41) is 14.5. The van der Waals surface area contributed by atoms with Gasteiger partial charge >= 0.3 is 12.0 Å². The zero-order chi connectivity index (χ0) is 13.1. The van der Waals surface area contributed by atoms with Crippen LogP contribution >= 0.6 is 0 Å². The average Bonchev–Trinajstić information content (AvgIpc) is 2.15. The minimum atomic E-state index is -1.17. The number of amides is 2. The molecule has 0 bridgehead atoms. The smallest absolute Gasteiger partial charge is 0.329 e. The van der Waals surface area contributed by atoms with Gasteiger partial charge in [-0.15, -0.1) is 0 Å². The molecule has 0 aromatic rings. The quantitative estimate of drug-likeness (QED) is 0.687. The molecule has 1 fully saturated rings. The van der Waals surface area contributed by atoms with Crippen molar-refractivity contribution < 1.29 is 14.7 Å². The highest BCUT2D eigenvalue weighted by atomic mass is 16.4. The van der Waals surface area contributed by atoms with Crippen molar-refractivity contribution in [1.82, 2.24) is 10.6 Å². The number of carbonyl (C=O) groups excluding carboxylic acids is 1. The molecule has 1 rings (SSSR count). The normalized spacial score (nSPS) is 26.5. The number of carbonyl (C=O) groups is 2. The van der Waals surface area contributed by atoms with E-state index in [9.17, 15) is 9.59 Å². The molecule has 98 valence electrons. The Morgan fingerprint density at radius 3 is 2.41 bits per heavy atom. The second-order valence-electron chi connectivity index (χ2n) is 5.26. The van der Waals surface area contributed by atoms with Crippen LogP contribution in [0.3, 0.4) is 0 Å². The van der Waals surface area contributed by atoms with Crippen LogP contribution in [0.1, 0.15) is 46.5 Å². The Balaban J connectivity index is 2.44. The first-order chi connectivity index (χ1) is 7.87. The van der Waals surface area contributed by atoms with Crippen molar-refractivity contribution in [3.63, 3.8) is 0 Å². The summed E-state index contributed by atoms with van der Waals surface area (Å²) < 4.78 is 0. The summed E-state index contributed by atoms with van der Waals surface area (Å²) in [4.78, 5) is 22.8. The number of rotatable bonds is 5. The van der Waals surface area contributed by atoms with Crippen molar-refractivity contribution in [2.24, 2.45) is 5.92 Å². The average molecular weight is 242 g/mol. The van der Waals surface area contributed by atoms with E-state index in [1.807, 2.05) is 6.92 Å². The largest absolute Gasteiger partial charge is 0.480 e. The van der Waals surface area contributed by atoms with Crippen LogP contribution in [-0.2, 0) is 4.79 Å². The molecule has 2 amide bonds. The van der Waals surface area contributed by atoms with E-state index in [4.69, 9.17) is 5.11 Å². The van der Waals surface area contributed by atoms with E-state index >= 15 is 0 Å². The maximum Gasteiger partial charge on any atom is 0.329 e. The summed E-state index contributed by atoms with van der Waals surface area (Å²) in [6.45, 7) is 5.57. The lowest BCUT2D eigenvalue weighted by atomic mass is 9.82. The van der Waals surface area contributed by atoms with E-state index in [2.05, 4.69) is 17.6 Å². The van der Waals surface area contributed by atoms with Crippen molar-refractivity contribution in [3.8, 4) is 0 Å². The lowest BCUT2D eigenvalue weighted by molar-refractivity contribution is -0.144. The summed E-state index contributed by atoms with van der Waals surface area (Å²) in [6.07, 6.45) is 3.09. The molecule has 0 aromatic carbocycles. The number of nitrogens with one attached hydrogen (secondary N) is 2. The van der Waals surface area contributed by atoms with Crippen molar-refractivity contribution in [2.45, 2.75) is 58.0 Å². The van der Waals surface area contributed by atoms with Crippen LogP contribution in [0.15, 0.2) is 0 Å². The highest BCUT2D eigenvalue weighted by molar-refractivity contribution is 5.85. The summed E-state index contributed by atoms with van der Waals surface area (Å²) in [5.74, 6) is -0.335. The molecule has 0 aliphatic heterocycles. The van der Waals surface area contributed by atoms with Crippen molar-refractivity contribution in [1.29, 1.82) is 0 Å². The lowest BCUT2D eigenvalue weighted by Gasteiger charge is -2.34. The fraction of sp³-hybridized carbons (Fsp3) is 0.833. The molecule has 1 saturated carbocycles. The van der Waals surface area contributed by atoms with Gasteiger partial charge in [0.2, 0.25) is 0 Å². The third-order valence-electron chi connectivity index (χ3n) is 3.32. The molecule has 1 atom stereocenters. The van der Waals surface area contributed by atoms with Crippen LogP contribution in [0.2, 0.25) is 0 Å². The summed E-state index contributed by atoms with van der Waals surface area (Å²) in [5.41, 5.74) is -1.17. The highest BCUT2D eigenvalue weighted by Gasteiger charge is 2.35. The van der Waals surface area contributed by atoms with Crippen molar-refractivity contribution >= 4 is 12.0 Å². The van der Waals surface area contributed by atoms with Gasteiger partial charge in [0, 0.05) is 6.04 Å². The first-order valence-corrected chi connectivity index (χ1v) is 6.19. The summed E-state index contributed by atoms with van der Waals surface area (Å²) >= 11 is 0. The third-order valence-corrected chi connectivity index (χ3v) is 3.32. The number of carboxylic acids is 1. The van der Waals surface area contributed by atoms with Gasteiger partial charge in [0.25, 0.3) is 0 Å². The molecule has 5 nitrogen and oxygen atoms in total. The molecule has 0 aromatic heterocycles. The van der Waals surface area contributed by atoms with E-state index in [1.54, 1.807) is 6.92 Å². The van der Waals surface area contributed by atoms with Crippen LogP contribution in [0.4, 0.5) is 4.79 Å². The number of carboxylic acid groups (broad SMARTS) is 1. The Bertz CT molecular complexity index is 300.